The molecule has 126 valence electrons. The van der Waals surface area contributed by atoms with Crippen LogP contribution in [0, 0.1) is 5.92 Å². The molecule has 23 heavy (non-hydrogen) atoms. The van der Waals surface area contributed by atoms with Crippen LogP contribution in [0.3, 0.4) is 0 Å². The van der Waals surface area contributed by atoms with Crippen LogP contribution in [-0.2, 0) is 4.74 Å². The molecule has 0 heterocycles. The molecule has 0 radical (unpaired) electrons. The summed E-state index contributed by atoms with van der Waals surface area (Å²) in [5.41, 5.74) is 5.79. The second-order valence-electron chi connectivity index (χ2n) is 6.88. The molecule has 6 nitrogen and oxygen atoms in total. The molecule has 0 aliphatic heterocycles. The van der Waals surface area contributed by atoms with Gasteiger partial charge in [-0.2, -0.15) is 0 Å². The van der Waals surface area contributed by atoms with Crippen molar-refractivity contribution in [2.24, 2.45) is 5.92 Å². The lowest BCUT2D eigenvalue weighted by molar-refractivity contribution is 0.0451. The quantitative estimate of drug-likeness (QED) is 0.727. The predicted octanol–water partition coefficient (Wildman–Crippen LogP) is 2.22. The van der Waals surface area contributed by atoms with E-state index in [1.807, 2.05) is 39.0 Å². The van der Waals surface area contributed by atoms with Crippen molar-refractivity contribution >= 4 is 12.0 Å². The van der Waals surface area contributed by atoms with Crippen molar-refractivity contribution in [3.8, 4) is 0 Å². The number of nitrogens with one attached hydrogen (secondary N) is 3. The number of hydrogen-bond donors (Lipinski definition) is 3. The highest BCUT2D eigenvalue weighted by molar-refractivity contribution is 5.93. The zero-order valence-corrected chi connectivity index (χ0v) is 13.9. The molecule has 1 aromatic rings. The summed E-state index contributed by atoms with van der Waals surface area (Å²) in [5.74, 6) is 0.291. The Bertz CT molecular complexity index is 534. The molecule has 1 fully saturated rings. The Morgan fingerprint density at radius 3 is 2.43 bits per heavy atom. The summed E-state index contributed by atoms with van der Waals surface area (Å²) in [6, 6.07) is 9.21. The van der Waals surface area contributed by atoms with E-state index in [2.05, 4.69) is 16.2 Å². The smallest absolute Gasteiger partial charge is 0.407 e. The molecule has 0 saturated heterocycles. The van der Waals surface area contributed by atoms with E-state index in [9.17, 15) is 9.59 Å². The van der Waals surface area contributed by atoms with Gasteiger partial charge in [0.05, 0.1) is 0 Å². The van der Waals surface area contributed by atoms with E-state index in [0.29, 0.717) is 18.0 Å². The van der Waals surface area contributed by atoms with Crippen LogP contribution >= 0.6 is 0 Å². The average molecular weight is 319 g/mol. The van der Waals surface area contributed by atoms with E-state index in [1.54, 1.807) is 12.1 Å². The molecule has 0 unspecified atom stereocenters. The van der Waals surface area contributed by atoms with Gasteiger partial charge in [0.1, 0.15) is 5.60 Å². The number of amides is 2. The fourth-order valence-corrected chi connectivity index (χ4v) is 2.43. The zero-order valence-electron chi connectivity index (χ0n) is 13.9. The minimum absolute atomic E-state index is 0.145. The van der Waals surface area contributed by atoms with E-state index < -0.39 is 5.60 Å². The maximum atomic E-state index is 11.8. The van der Waals surface area contributed by atoms with Crippen molar-refractivity contribution in [1.82, 2.24) is 16.2 Å². The highest BCUT2D eigenvalue weighted by atomic mass is 16.6. The van der Waals surface area contributed by atoms with Crippen LogP contribution in [0.1, 0.15) is 44.0 Å². The van der Waals surface area contributed by atoms with Crippen molar-refractivity contribution in [2.75, 3.05) is 6.54 Å². The molecule has 1 aliphatic carbocycles. The van der Waals surface area contributed by atoms with Gasteiger partial charge in [0.15, 0.2) is 0 Å². The first kappa shape index (κ1) is 17.3. The molecular formula is C17H25N3O3. The largest absolute Gasteiger partial charge is 0.444 e. The second kappa shape index (κ2) is 7.46. The standard InChI is InChI=1S/C17H25N3O3/c1-17(2,3)23-16(22)19-14-9-12(10-14)11-18-20-15(21)13-7-5-4-6-8-13/h4-8,12,14,18H,9-11H2,1-3H3,(H,19,22)(H,20,21). The molecule has 0 aromatic heterocycles. The highest BCUT2D eigenvalue weighted by Gasteiger charge is 2.31. The number of ether oxygens (including phenoxy) is 1. The maximum absolute atomic E-state index is 11.8. The van der Waals surface area contributed by atoms with Gasteiger partial charge in [-0.3, -0.25) is 10.2 Å². The Morgan fingerprint density at radius 2 is 1.83 bits per heavy atom. The molecule has 3 N–H and O–H groups in total. The molecule has 0 atom stereocenters. The van der Waals surface area contributed by atoms with Crippen molar-refractivity contribution in [3.05, 3.63) is 35.9 Å². The van der Waals surface area contributed by atoms with Crippen molar-refractivity contribution in [3.63, 3.8) is 0 Å². The second-order valence-corrected chi connectivity index (χ2v) is 6.88. The van der Waals surface area contributed by atoms with Crippen LogP contribution in [-0.4, -0.2) is 30.2 Å². The molecule has 1 saturated carbocycles. The molecule has 1 aliphatic rings. The van der Waals surface area contributed by atoms with E-state index in [-0.39, 0.29) is 18.0 Å². The van der Waals surface area contributed by atoms with Gasteiger partial charge in [0, 0.05) is 18.2 Å². The molecule has 1 aromatic carbocycles. The summed E-state index contributed by atoms with van der Waals surface area (Å²) in [4.78, 5) is 23.5. The van der Waals surface area contributed by atoms with Crippen LogP contribution in [0.2, 0.25) is 0 Å². The molecule has 0 spiro atoms. The van der Waals surface area contributed by atoms with Crippen LogP contribution < -0.4 is 16.2 Å². The van der Waals surface area contributed by atoms with Crippen LogP contribution in [0.5, 0.6) is 0 Å². The fraction of sp³-hybridized carbons (Fsp3) is 0.529. The molecule has 2 rings (SSSR count). The minimum Gasteiger partial charge on any atom is -0.444 e. The third-order valence-corrected chi connectivity index (χ3v) is 3.59. The number of carbonyl (C=O) groups excluding carboxylic acids is 2. The molecule has 2 amide bonds. The first-order chi connectivity index (χ1) is 10.8. The number of alkyl carbamates (subject to hydrolysis) is 1. The third-order valence-electron chi connectivity index (χ3n) is 3.59. The van der Waals surface area contributed by atoms with Gasteiger partial charge in [-0.25, -0.2) is 10.2 Å². The first-order valence-corrected chi connectivity index (χ1v) is 7.91. The van der Waals surface area contributed by atoms with E-state index in [4.69, 9.17) is 4.74 Å². The summed E-state index contributed by atoms with van der Waals surface area (Å²) in [7, 11) is 0. The fourth-order valence-electron chi connectivity index (χ4n) is 2.43. The molecule has 0 bridgehead atoms. The number of benzene rings is 1. The summed E-state index contributed by atoms with van der Waals surface area (Å²) < 4.78 is 5.22. The highest BCUT2D eigenvalue weighted by Crippen LogP contribution is 2.26. The van der Waals surface area contributed by atoms with E-state index in [0.717, 1.165) is 12.8 Å². The lowest BCUT2D eigenvalue weighted by atomic mass is 9.80. The third kappa shape index (κ3) is 5.90. The lowest BCUT2D eigenvalue weighted by Crippen LogP contribution is -2.50. The number of rotatable bonds is 5. The van der Waals surface area contributed by atoms with E-state index >= 15 is 0 Å². The van der Waals surface area contributed by atoms with Gasteiger partial charge in [-0.05, 0) is 51.7 Å². The molecular weight excluding hydrogens is 294 g/mol. The van der Waals surface area contributed by atoms with E-state index in [1.165, 1.54) is 0 Å². The summed E-state index contributed by atoms with van der Waals surface area (Å²) >= 11 is 0. The minimum atomic E-state index is -0.476. The summed E-state index contributed by atoms with van der Waals surface area (Å²) in [5, 5.41) is 2.85. The van der Waals surface area contributed by atoms with Gasteiger partial charge in [-0.1, -0.05) is 18.2 Å². The average Bonchev–Trinajstić information content (AvgIpc) is 2.43. The molecule has 6 heteroatoms. The normalized spacial score (nSPS) is 20.3. The maximum Gasteiger partial charge on any atom is 0.407 e. The van der Waals surface area contributed by atoms with Crippen LogP contribution in [0.15, 0.2) is 30.3 Å². The van der Waals surface area contributed by atoms with Gasteiger partial charge in [-0.15, -0.1) is 0 Å². The number of hydrazine groups is 1. The van der Waals surface area contributed by atoms with Gasteiger partial charge in [0.25, 0.3) is 5.91 Å². The van der Waals surface area contributed by atoms with Gasteiger partial charge >= 0.3 is 6.09 Å². The number of hydrogen-bond acceptors (Lipinski definition) is 4. The Kier molecular flexibility index (Phi) is 5.60. The van der Waals surface area contributed by atoms with Crippen molar-refractivity contribution < 1.29 is 14.3 Å². The zero-order chi connectivity index (χ0) is 16.9. The van der Waals surface area contributed by atoms with Gasteiger partial charge in [0.2, 0.25) is 0 Å². The Labute approximate surface area is 136 Å². The Hall–Kier alpha value is -2.08. The van der Waals surface area contributed by atoms with Crippen LogP contribution in [0.4, 0.5) is 4.79 Å². The monoisotopic (exact) mass is 319 g/mol. The topological polar surface area (TPSA) is 79.5 Å². The van der Waals surface area contributed by atoms with Crippen molar-refractivity contribution in [2.45, 2.75) is 45.3 Å². The number of carbonyl (C=O) groups is 2. The predicted molar refractivity (Wildman–Crippen MR) is 87.8 cm³/mol. The SMILES string of the molecule is CC(C)(C)OC(=O)NC1CC(CNNC(=O)c2ccccc2)C1. The lowest BCUT2D eigenvalue weighted by Gasteiger charge is -2.36. The summed E-state index contributed by atoms with van der Waals surface area (Å²) in [6.07, 6.45) is 1.40. The Morgan fingerprint density at radius 1 is 1.17 bits per heavy atom. The Balaban J connectivity index is 1.58. The van der Waals surface area contributed by atoms with Gasteiger partial charge < -0.3 is 10.1 Å². The first-order valence-electron chi connectivity index (χ1n) is 7.91. The summed E-state index contributed by atoms with van der Waals surface area (Å²) in [6.45, 7) is 6.21. The van der Waals surface area contributed by atoms with Crippen molar-refractivity contribution in [1.29, 1.82) is 0 Å². The van der Waals surface area contributed by atoms with Crippen LogP contribution in [0.25, 0.3) is 0 Å².